The number of fused-ring (bicyclic) bond motifs is 1. The van der Waals surface area contributed by atoms with Crippen LogP contribution in [-0.2, 0) is 12.6 Å². The predicted molar refractivity (Wildman–Crippen MR) is 55.4 cm³/mol. The van der Waals surface area contributed by atoms with Gasteiger partial charge in [0.25, 0.3) is 0 Å². The van der Waals surface area contributed by atoms with Gasteiger partial charge in [-0.05, 0) is 25.1 Å². The third-order valence-corrected chi connectivity index (χ3v) is 2.40. The zero-order valence-electron chi connectivity index (χ0n) is 8.91. The summed E-state index contributed by atoms with van der Waals surface area (Å²) in [6.45, 7) is 0.466. The van der Waals surface area contributed by atoms with Crippen molar-refractivity contribution in [2.24, 2.45) is 5.73 Å². The number of rotatable bonds is 3. The molecule has 0 aliphatic carbocycles. The summed E-state index contributed by atoms with van der Waals surface area (Å²) in [7, 11) is 0. The standard InChI is InChI=1S/C10H11F3N4/c11-10(12,13)7-3-4-9-16-15-8(2-1-5-14)17(9)6-7/h3-4,6H,1-2,5,14H2. The van der Waals surface area contributed by atoms with Crippen LogP contribution in [0.25, 0.3) is 5.65 Å². The molecule has 0 amide bonds. The minimum Gasteiger partial charge on any atom is -0.330 e. The fourth-order valence-corrected chi connectivity index (χ4v) is 1.54. The highest BCUT2D eigenvalue weighted by atomic mass is 19.4. The average molecular weight is 244 g/mol. The first-order valence-electron chi connectivity index (χ1n) is 5.13. The Morgan fingerprint density at radius 3 is 2.65 bits per heavy atom. The van der Waals surface area contributed by atoms with E-state index in [-0.39, 0.29) is 0 Å². The molecule has 2 aromatic rings. The molecule has 0 aliphatic rings. The molecule has 92 valence electrons. The third kappa shape index (κ3) is 2.38. The molecule has 2 aromatic heterocycles. The molecule has 0 fully saturated rings. The lowest BCUT2D eigenvalue weighted by Crippen LogP contribution is -2.08. The lowest BCUT2D eigenvalue weighted by molar-refractivity contribution is -0.137. The minimum atomic E-state index is -4.36. The topological polar surface area (TPSA) is 56.2 Å². The van der Waals surface area contributed by atoms with E-state index >= 15 is 0 Å². The molecule has 17 heavy (non-hydrogen) atoms. The van der Waals surface area contributed by atoms with E-state index in [2.05, 4.69) is 10.2 Å². The van der Waals surface area contributed by atoms with Gasteiger partial charge >= 0.3 is 6.18 Å². The predicted octanol–water partition coefficient (Wildman–Crippen LogP) is 1.64. The van der Waals surface area contributed by atoms with Crippen LogP contribution in [0.2, 0.25) is 0 Å². The van der Waals surface area contributed by atoms with Crippen molar-refractivity contribution in [3.05, 3.63) is 29.7 Å². The number of nitrogens with two attached hydrogens (primary N) is 1. The number of hydrogen-bond donors (Lipinski definition) is 1. The summed E-state index contributed by atoms with van der Waals surface area (Å²) >= 11 is 0. The molecule has 0 radical (unpaired) electrons. The molecule has 2 N–H and O–H groups in total. The van der Waals surface area contributed by atoms with E-state index in [1.807, 2.05) is 0 Å². The van der Waals surface area contributed by atoms with Crippen LogP contribution in [0.15, 0.2) is 18.3 Å². The summed E-state index contributed by atoms with van der Waals surface area (Å²) in [5.41, 5.74) is 5.05. The fourth-order valence-electron chi connectivity index (χ4n) is 1.54. The molecule has 0 atom stereocenters. The van der Waals surface area contributed by atoms with Gasteiger partial charge in [0.15, 0.2) is 5.65 Å². The lowest BCUT2D eigenvalue weighted by Gasteiger charge is -2.07. The number of halogens is 3. The van der Waals surface area contributed by atoms with Gasteiger partial charge < -0.3 is 5.73 Å². The van der Waals surface area contributed by atoms with E-state index in [0.29, 0.717) is 30.9 Å². The van der Waals surface area contributed by atoms with Crippen LogP contribution in [0.4, 0.5) is 13.2 Å². The SMILES string of the molecule is NCCCc1nnc2ccc(C(F)(F)F)cn12. The molecule has 0 aliphatic heterocycles. The second-order valence-electron chi connectivity index (χ2n) is 3.65. The van der Waals surface area contributed by atoms with Gasteiger partial charge in [-0.15, -0.1) is 10.2 Å². The van der Waals surface area contributed by atoms with E-state index in [9.17, 15) is 13.2 Å². The van der Waals surface area contributed by atoms with Crippen LogP contribution in [-0.4, -0.2) is 21.1 Å². The molecule has 4 nitrogen and oxygen atoms in total. The Kier molecular flexibility index (Phi) is 3.01. The van der Waals surface area contributed by atoms with E-state index < -0.39 is 11.7 Å². The third-order valence-electron chi connectivity index (χ3n) is 2.40. The Labute approximate surface area is 95.3 Å². The van der Waals surface area contributed by atoms with E-state index in [4.69, 9.17) is 5.73 Å². The van der Waals surface area contributed by atoms with Crippen molar-refractivity contribution < 1.29 is 13.2 Å². The highest BCUT2D eigenvalue weighted by molar-refractivity contribution is 5.40. The first kappa shape index (κ1) is 11.8. The molecule has 0 spiro atoms. The Balaban J connectivity index is 2.43. The molecule has 0 saturated heterocycles. The lowest BCUT2D eigenvalue weighted by atomic mass is 10.2. The van der Waals surface area contributed by atoms with Crippen LogP contribution in [0.3, 0.4) is 0 Å². The minimum absolute atomic E-state index is 0.407. The molecule has 0 saturated carbocycles. The van der Waals surface area contributed by atoms with Crippen LogP contribution < -0.4 is 5.73 Å². The molecule has 2 rings (SSSR count). The number of aryl methyl sites for hydroxylation is 1. The number of aromatic nitrogens is 3. The molecule has 2 heterocycles. The van der Waals surface area contributed by atoms with Gasteiger partial charge in [-0.3, -0.25) is 4.40 Å². The van der Waals surface area contributed by atoms with Crippen molar-refractivity contribution in [3.63, 3.8) is 0 Å². The number of pyridine rings is 1. The van der Waals surface area contributed by atoms with Crippen molar-refractivity contribution in [2.45, 2.75) is 19.0 Å². The summed E-state index contributed by atoms with van der Waals surface area (Å²) in [5, 5.41) is 7.65. The van der Waals surface area contributed by atoms with Crippen molar-refractivity contribution in [1.82, 2.24) is 14.6 Å². The zero-order valence-corrected chi connectivity index (χ0v) is 8.91. The maximum absolute atomic E-state index is 12.5. The van der Waals surface area contributed by atoms with Gasteiger partial charge in [0.2, 0.25) is 0 Å². The number of hydrogen-bond acceptors (Lipinski definition) is 3. The van der Waals surface area contributed by atoms with E-state index in [0.717, 1.165) is 12.3 Å². The van der Waals surface area contributed by atoms with Gasteiger partial charge in [0.05, 0.1) is 5.56 Å². The average Bonchev–Trinajstić information content (AvgIpc) is 2.67. The first-order chi connectivity index (χ1) is 8.02. The van der Waals surface area contributed by atoms with Gasteiger partial charge in [0.1, 0.15) is 5.82 Å². The summed E-state index contributed by atoms with van der Waals surface area (Å²) in [6, 6.07) is 2.30. The first-order valence-corrected chi connectivity index (χ1v) is 5.13. The Hall–Kier alpha value is -1.63. The van der Waals surface area contributed by atoms with Crippen LogP contribution in [0.5, 0.6) is 0 Å². The van der Waals surface area contributed by atoms with Crippen molar-refractivity contribution >= 4 is 5.65 Å². The van der Waals surface area contributed by atoms with Gasteiger partial charge in [0, 0.05) is 12.6 Å². The van der Waals surface area contributed by atoms with Gasteiger partial charge in [-0.1, -0.05) is 0 Å². The van der Waals surface area contributed by atoms with Crippen LogP contribution in [0.1, 0.15) is 17.8 Å². The highest BCUT2D eigenvalue weighted by Crippen LogP contribution is 2.29. The maximum Gasteiger partial charge on any atom is 0.417 e. The summed E-state index contributed by atoms with van der Waals surface area (Å²) < 4.78 is 39.0. The number of nitrogens with zero attached hydrogens (tertiary/aromatic N) is 3. The Morgan fingerprint density at radius 1 is 1.24 bits per heavy atom. The normalized spacial score (nSPS) is 12.2. The smallest absolute Gasteiger partial charge is 0.330 e. The molecule has 0 bridgehead atoms. The quantitative estimate of drug-likeness (QED) is 0.892. The van der Waals surface area contributed by atoms with Gasteiger partial charge in [-0.2, -0.15) is 13.2 Å². The van der Waals surface area contributed by atoms with E-state index in [1.54, 1.807) is 0 Å². The summed E-state index contributed by atoms with van der Waals surface area (Å²) in [5.74, 6) is 0.497. The molecule has 7 heteroatoms. The highest BCUT2D eigenvalue weighted by Gasteiger charge is 2.31. The largest absolute Gasteiger partial charge is 0.417 e. The molecular weight excluding hydrogens is 233 g/mol. The maximum atomic E-state index is 12.5. The Bertz CT molecular complexity index is 518. The summed E-state index contributed by atoms with van der Waals surface area (Å²) in [6.07, 6.45) is -2.17. The van der Waals surface area contributed by atoms with Crippen molar-refractivity contribution in [1.29, 1.82) is 0 Å². The van der Waals surface area contributed by atoms with Crippen molar-refractivity contribution in [2.75, 3.05) is 6.54 Å². The Morgan fingerprint density at radius 2 is 2.00 bits per heavy atom. The second kappa shape index (κ2) is 4.33. The molecule has 0 unspecified atom stereocenters. The summed E-state index contributed by atoms with van der Waals surface area (Å²) in [4.78, 5) is 0. The zero-order chi connectivity index (χ0) is 12.5. The number of alkyl halides is 3. The van der Waals surface area contributed by atoms with Gasteiger partial charge in [-0.25, -0.2) is 0 Å². The van der Waals surface area contributed by atoms with E-state index in [1.165, 1.54) is 10.5 Å². The van der Waals surface area contributed by atoms with Crippen LogP contribution >= 0.6 is 0 Å². The fraction of sp³-hybridized carbons (Fsp3) is 0.400. The molecular formula is C10H11F3N4. The molecule has 0 aromatic carbocycles. The monoisotopic (exact) mass is 244 g/mol. The second-order valence-corrected chi connectivity index (χ2v) is 3.65. The van der Waals surface area contributed by atoms with Crippen LogP contribution in [0, 0.1) is 0 Å². The van der Waals surface area contributed by atoms with Crippen molar-refractivity contribution in [3.8, 4) is 0 Å².